The van der Waals surface area contributed by atoms with E-state index < -0.39 is 11.2 Å². The molecule has 2 saturated heterocycles. The Balaban J connectivity index is 1.25. The van der Waals surface area contributed by atoms with E-state index in [1.807, 2.05) is 71.1 Å². The van der Waals surface area contributed by atoms with Gasteiger partial charge in [-0.05, 0) is 71.2 Å². The zero-order chi connectivity index (χ0) is 30.4. The molecule has 2 fully saturated rings. The highest BCUT2D eigenvalue weighted by Gasteiger charge is 2.54. The number of aromatic nitrogens is 5. The zero-order valence-electron chi connectivity index (χ0n) is 25.3. The van der Waals surface area contributed by atoms with Crippen molar-refractivity contribution in [1.29, 1.82) is 0 Å². The lowest BCUT2D eigenvalue weighted by Gasteiger charge is -2.34. The molecule has 0 radical (unpaired) electrons. The van der Waals surface area contributed by atoms with Gasteiger partial charge in [-0.25, -0.2) is 24.3 Å². The summed E-state index contributed by atoms with van der Waals surface area (Å²) in [6, 6.07) is 9.76. The van der Waals surface area contributed by atoms with Crippen molar-refractivity contribution in [3.8, 4) is 28.7 Å². The van der Waals surface area contributed by atoms with Crippen LogP contribution in [0.15, 0.2) is 42.7 Å². The highest BCUT2D eigenvalue weighted by Crippen LogP contribution is 2.40. The van der Waals surface area contributed by atoms with E-state index in [-0.39, 0.29) is 18.7 Å². The first-order chi connectivity index (χ1) is 20.5. The molecule has 11 nitrogen and oxygen atoms in total. The van der Waals surface area contributed by atoms with Crippen molar-refractivity contribution in [1.82, 2.24) is 29.5 Å². The predicted molar refractivity (Wildman–Crippen MR) is 161 cm³/mol. The van der Waals surface area contributed by atoms with E-state index in [1.54, 1.807) is 22.5 Å². The second-order valence-corrected chi connectivity index (χ2v) is 12.1. The molecule has 2 aliphatic rings. The van der Waals surface area contributed by atoms with Crippen LogP contribution in [0.2, 0.25) is 0 Å². The quantitative estimate of drug-likeness (QED) is 0.311. The molecule has 2 atom stereocenters. The number of pyridine rings is 2. The second kappa shape index (κ2) is 10.9. The summed E-state index contributed by atoms with van der Waals surface area (Å²) in [7, 11) is 0. The van der Waals surface area contributed by atoms with E-state index in [0.29, 0.717) is 48.5 Å². The average Bonchev–Trinajstić information content (AvgIpc) is 3.63. The van der Waals surface area contributed by atoms with Crippen LogP contribution >= 0.6 is 0 Å². The Labute approximate surface area is 250 Å². The Hall–Kier alpha value is -4.69. The molecule has 0 spiro atoms. The summed E-state index contributed by atoms with van der Waals surface area (Å²) >= 11 is 0. The molecule has 4 aromatic heterocycles. The number of nitrogens with zero attached hydrogens (tertiary/aromatic N) is 6. The number of ether oxygens (including phenoxy) is 3. The van der Waals surface area contributed by atoms with Gasteiger partial charge in [0.05, 0.1) is 30.9 Å². The first-order valence-electron chi connectivity index (χ1n) is 14.3. The highest BCUT2D eigenvalue weighted by atomic mass is 16.6. The fourth-order valence-electron chi connectivity index (χ4n) is 5.57. The maximum atomic E-state index is 12.8. The number of anilines is 2. The molecule has 1 amide bonds. The number of likely N-dealkylation sites (tertiary alicyclic amines) is 1. The van der Waals surface area contributed by atoms with Gasteiger partial charge in [-0.1, -0.05) is 5.92 Å². The summed E-state index contributed by atoms with van der Waals surface area (Å²) in [5, 5.41) is 7.92. The molecule has 222 valence electrons. The maximum Gasteiger partial charge on any atom is 0.410 e. The van der Waals surface area contributed by atoms with Gasteiger partial charge in [-0.2, -0.15) is 5.10 Å². The predicted octanol–water partition coefficient (Wildman–Crippen LogP) is 5.08. The van der Waals surface area contributed by atoms with Crippen molar-refractivity contribution in [2.24, 2.45) is 0 Å². The molecule has 1 N–H and O–H groups in total. The third kappa shape index (κ3) is 6.10. The van der Waals surface area contributed by atoms with Crippen LogP contribution in [0, 0.1) is 25.7 Å². The molecule has 0 aliphatic carbocycles. The molecule has 2 bridgehead atoms. The van der Waals surface area contributed by atoms with Gasteiger partial charge in [-0.15, -0.1) is 0 Å². The fourth-order valence-corrected chi connectivity index (χ4v) is 5.57. The number of nitrogens with one attached hydrogen (secondary N) is 1. The van der Waals surface area contributed by atoms with E-state index >= 15 is 0 Å². The van der Waals surface area contributed by atoms with E-state index in [2.05, 4.69) is 37.2 Å². The number of aryl methyl sites for hydroxylation is 2. The Bertz CT molecular complexity index is 1750. The largest absolute Gasteiger partial charge is 0.488 e. The average molecular weight is 582 g/mol. The Morgan fingerprint density at radius 1 is 1.19 bits per heavy atom. The molecule has 0 unspecified atom stereocenters. The molecule has 6 heterocycles. The molecule has 11 heteroatoms. The highest BCUT2D eigenvalue weighted by molar-refractivity contribution is 5.76. The minimum absolute atomic E-state index is 0.0273. The van der Waals surface area contributed by atoms with Crippen LogP contribution < -0.4 is 10.1 Å². The van der Waals surface area contributed by atoms with Crippen LogP contribution in [0.4, 0.5) is 16.4 Å². The van der Waals surface area contributed by atoms with Crippen molar-refractivity contribution in [3.05, 3.63) is 59.9 Å². The summed E-state index contributed by atoms with van der Waals surface area (Å²) in [5.74, 6) is 8.62. The lowest BCUT2D eigenvalue weighted by Crippen LogP contribution is -2.49. The monoisotopic (exact) mass is 581 g/mol. The van der Waals surface area contributed by atoms with Crippen LogP contribution in [0.3, 0.4) is 0 Å². The number of rotatable bonds is 6. The zero-order valence-corrected chi connectivity index (χ0v) is 25.3. The van der Waals surface area contributed by atoms with Gasteiger partial charge in [0.1, 0.15) is 40.9 Å². The molecular weight excluding hydrogens is 546 g/mol. The minimum atomic E-state index is -0.603. The lowest BCUT2D eigenvalue weighted by molar-refractivity contribution is -0.0708. The van der Waals surface area contributed by atoms with Gasteiger partial charge in [0.2, 0.25) is 0 Å². The van der Waals surface area contributed by atoms with Crippen molar-refractivity contribution in [2.75, 3.05) is 25.1 Å². The number of carbonyl (C=O) groups is 1. The van der Waals surface area contributed by atoms with Crippen LogP contribution in [0.5, 0.6) is 5.75 Å². The lowest BCUT2D eigenvalue weighted by atomic mass is 10.0. The molecule has 4 aromatic rings. The van der Waals surface area contributed by atoms with Crippen molar-refractivity contribution in [3.63, 3.8) is 0 Å². The van der Waals surface area contributed by atoms with E-state index in [0.717, 1.165) is 22.3 Å². The summed E-state index contributed by atoms with van der Waals surface area (Å²) < 4.78 is 20.0. The molecule has 43 heavy (non-hydrogen) atoms. The van der Waals surface area contributed by atoms with Gasteiger partial charge >= 0.3 is 6.09 Å². The van der Waals surface area contributed by atoms with Gasteiger partial charge in [0.25, 0.3) is 0 Å². The third-order valence-corrected chi connectivity index (χ3v) is 7.32. The van der Waals surface area contributed by atoms with E-state index in [1.165, 1.54) is 0 Å². The third-order valence-electron chi connectivity index (χ3n) is 7.32. The summed E-state index contributed by atoms with van der Waals surface area (Å²) in [4.78, 5) is 27.9. The van der Waals surface area contributed by atoms with E-state index in [9.17, 15) is 4.79 Å². The summed E-state index contributed by atoms with van der Waals surface area (Å²) in [5.41, 5.74) is 3.02. The number of amides is 1. The van der Waals surface area contributed by atoms with Crippen LogP contribution in [-0.2, 0) is 9.47 Å². The van der Waals surface area contributed by atoms with E-state index in [4.69, 9.17) is 14.2 Å². The Morgan fingerprint density at radius 3 is 2.79 bits per heavy atom. The van der Waals surface area contributed by atoms with Gasteiger partial charge in [0, 0.05) is 36.0 Å². The summed E-state index contributed by atoms with van der Waals surface area (Å²) in [6.45, 7) is 12.3. The number of hydrogen-bond acceptors (Lipinski definition) is 9. The molecule has 6 rings (SSSR count). The minimum Gasteiger partial charge on any atom is -0.488 e. The van der Waals surface area contributed by atoms with Gasteiger partial charge in [-0.3, -0.25) is 4.90 Å². The van der Waals surface area contributed by atoms with Crippen molar-refractivity contribution >= 4 is 23.2 Å². The number of morpholine rings is 1. The van der Waals surface area contributed by atoms with Crippen LogP contribution in [0.1, 0.15) is 51.3 Å². The first kappa shape index (κ1) is 28.4. The molecular formula is C32H35N7O4. The molecule has 0 aromatic carbocycles. The normalized spacial score (nSPS) is 19.3. The standard InChI is InChI=1S/C32H35N7O4/c1-7-8-23-13-26(22-9-10-39-24(12-22)14-29(37-39)36-28-11-20(2)34-21(3)35-28)27(16-33-23)41-19-32-15-25(17-42-32)38(18-32)30(40)43-31(4,5)6/h9-14,16,25H,15,17-19H2,1-6H3,(H,34,35,36,37)/t25-,32-/m0/s1. The SMILES string of the molecule is CC#Cc1cc(-c2ccn3nc(Nc4cc(C)nc(C)n4)cc3c2)c(OC[C@@]23C[C@@H](CO2)N(C(=O)OC(C)(C)C)C3)cn1. The topological polar surface area (TPSA) is 116 Å². The fraction of sp³-hybridized carbons (Fsp3) is 0.406. The summed E-state index contributed by atoms with van der Waals surface area (Å²) in [6.07, 6.45) is 3.98. The maximum absolute atomic E-state index is 12.8. The van der Waals surface area contributed by atoms with Crippen LogP contribution in [-0.4, -0.2) is 72.6 Å². The van der Waals surface area contributed by atoms with Crippen LogP contribution in [0.25, 0.3) is 16.6 Å². The molecule has 0 saturated carbocycles. The van der Waals surface area contributed by atoms with Gasteiger partial charge in [0.15, 0.2) is 5.82 Å². The smallest absolute Gasteiger partial charge is 0.410 e. The number of fused-ring (bicyclic) bond motifs is 3. The first-order valence-corrected chi connectivity index (χ1v) is 14.3. The number of carbonyl (C=O) groups excluding carboxylic acids is 1. The van der Waals surface area contributed by atoms with Crippen molar-refractivity contribution in [2.45, 2.75) is 65.2 Å². The number of hydrogen-bond donors (Lipinski definition) is 1. The Morgan fingerprint density at radius 2 is 2.02 bits per heavy atom. The second-order valence-electron chi connectivity index (χ2n) is 12.1. The molecule has 2 aliphatic heterocycles. The van der Waals surface area contributed by atoms with Crippen molar-refractivity contribution < 1.29 is 19.0 Å². The van der Waals surface area contributed by atoms with Gasteiger partial charge < -0.3 is 19.5 Å². The Kier molecular flexibility index (Phi) is 7.18.